The van der Waals surface area contributed by atoms with Crippen LogP contribution in [-0.2, 0) is 20.9 Å². The van der Waals surface area contributed by atoms with E-state index in [-0.39, 0.29) is 51.4 Å². The smallest absolute Gasteiger partial charge is 0.243 e. The molecular formula is C17H27N5O4. The first-order valence-corrected chi connectivity index (χ1v) is 8.17. The highest BCUT2D eigenvalue weighted by atomic mass is 16.3. The minimum Gasteiger partial charge on any atom is -0.381 e. The maximum Gasteiger partial charge on any atom is 0.243 e. The van der Waals surface area contributed by atoms with Crippen molar-refractivity contribution >= 4 is 17.7 Å². The Bertz CT molecular complexity index is 594. The SMILES string of the molecule is CN(C)CN(CC(N)=O)C(=O)CN(Cc1ccccc1)C(=O)CNCO. The molecule has 0 aliphatic rings. The van der Waals surface area contributed by atoms with E-state index in [1.165, 1.54) is 9.80 Å². The van der Waals surface area contributed by atoms with Crippen LogP contribution in [0.2, 0.25) is 0 Å². The number of carbonyl (C=O) groups excluding carboxylic acids is 3. The van der Waals surface area contributed by atoms with Gasteiger partial charge >= 0.3 is 0 Å². The van der Waals surface area contributed by atoms with Crippen LogP contribution in [0.4, 0.5) is 0 Å². The number of amides is 3. The first-order valence-electron chi connectivity index (χ1n) is 8.17. The highest BCUT2D eigenvalue weighted by molar-refractivity contribution is 5.88. The fourth-order valence-corrected chi connectivity index (χ4v) is 2.32. The number of aliphatic hydroxyl groups is 1. The van der Waals surface area contributed by atoms with Crippen LogP contribution in [0, 0.1) is 0 Å². The van der Waals surface area contributed by atoms with Crippen LogP contribution in [0.1, 0.15) is 5.56 Å². The Morgan fingerprint density at radius 1 is 1.04 bits per heavy atom. The molecule has 9 nitrogen and oxygen atoms in total. The second-order valence-electron chi connectivity index (χ2n) is 6.10. The Kier molecular flexibility index (Phi) is 9.27. The lowest BCUT2D eigenvalue weighted by atomic mass is 10.2. The fourth-order valence-electron chi connectivity index (χ4n) is 2.32. The van der Waals surface area contributed by atoms with Gasteiger partial charge in [0.05, 0.1) is 19.9 Å². The maximum absolute atomic E-state index is 12.6. The summed E-state index contributed by atoms with van der Waals surface area (Å²) in [6.45, 7) is -0.399. The van der Waals surface area contributed by atoms with Crippen LogP contribution in [0.3, 0.4) is 0 Å². The summed E-state index contributed by atoms with van der Waals surface area (Å²) >= 11 is 0. The van der Waals surface area contributed by atoms with Crippen LogP contribution in [-0.4, -0.2) is 84.7 Å². The fraction of sp³-hybridized carbons (Fsp3) is 0.471. The molecule has 0 aromatic heterocycles. The van der Waals surface area contributed by atoms with E-state index in [1.54, 1.807) is 19.0 Å². The molecule has 4 N–H and O–H groups in total. The summed E-state index contributed by atoms with van der Waals surface area (Å²) < 4.78 is 0. The number of carbonyl (C=O) groups is 3. The average Bonchev–Trinajstić information content (AvgIpc) is 2.58. The molecule has 3 amide bonds. The molecule has 0 bridgehead atoms. The maximum atomic E-state index is 12.6. The van der Waals surface area contributed by atoms with Crippen molar-refractivity contribution in [3.05, 3.63) is 35.9 Å². The van der Waals surface area contributed by atoms with Gasteiger partial charge in [-0.3, -0.25) is 24.6 Å². The second-order valence-corrected chi connectivity index (χ2v) is 6.10. The summed E-state index contributed by atoms with van der Waals surface area (Å²) in [6, 6.07) is 9.25. The van der Waals surface area contributed by atoms with Gasteiger partial charge in [-0.25, -0.2) is 0 Å². The van der Waals surface area contributed by atoms with E-state index in [2.05, 4.69) is 5.32 Å². The predicted octanol–water partition coefficient (Wildman–Crippen LogP) is -1.61. The minimum atomic E-state index is -0.622. The zero-order chi connectivity index (χ0) is 19.5. The highest BCUT2D eigenvalue weighted by Gasteiger charge is 2.22. The number of nitrogens with zero attached hydrogens (tertiary/aromatic N) is 3. The van der Waals surface area contributed by atoms with Crippen molar-refractivity contribution in [1.82, 2.24) is 20.0 Å². The Balaban J connectivity index is 2.88. The molecule has 0 saturated carbocycles. The molecule has 1 rings (SSSR count). The lowest BCUT2D eigenvalue weighted by Gasteiger charge is -2.29. The van der Waals surface area contributed by atoms with Crippen molar-refractivity contribution in [1.29, 1.82) is 0 Å². The second kappa shape index (κ2) is 11.2. The van der Waals surface area contributed by atoms with Crippen LogP contribution >= 0.6 is 0 Å². The molecule has 0 radical (unpaired) electrons. The zero-order valence-corrected chi connectivity index (χ0v) is 15.2. The third-order valence-electron chi connectivity index (χ3n) is 3.44. The van der Waals surface area contributed by atoms with Crippen LogP contribution < -0.4 is 11.1 Å². The summed E-state index contributed by atoms with van der Waals surface area (Å²) in [6.07, 6.45) is 0. The van der Waals surface area contributed by atoms with Crippen molar-refractivity contribution in [2.75, 3.05) is 47.1 Å². The molecule has 26 heavy (non-hydrogen) atoms. The molecule has 0 heterocycles. The Morgan fingerprint density at radius 2 is 1.69 bits per heavy atom. The summed E-state index contributed by atoms with van der Waals surface area (Å²) in [5, 5.41) is 11.4. The Morgan fingerprint density at radius 3 is 2.23 bits per heavy atom. The summed E-state index contributed by atoms with van der Waals surface area (Å²) in [7, 11) is 3.53. The van der Waals surface area contributed by atoms with Crippen LogP contribution in [0.25, 0.3) is 0 Å². The summed E-state index contributed by atoms with van der Waals surface area (Å²) in [5.74, 6) is -1.34. The number of primary amides is 1. The lowest BCUT2D eigenvalue weighted by Crippen LogP contribution is -2.49. The topological polar surface area (TPSA) is 119 Å². The van der Waals surface area contributed by atoms with Gasteiger partial charge in [0.15, 0.2) is 0 Å². The summed E-state index contributed by atoms with van der Waals surface area (Å²) in [5.41, 5.74) is 6.08. The van der Waals surface area contributed by atoms with E-state index in [0.717, 1.165) is 5.56 Å². The van der Waals surface area contributed by atoms with Crippen LogP contribution in [0.15, 0.2) is 30.3 Å². The third-order valence-corrected chi connectivity index (χ3v) is 3.44. The van der Waals surface area contributed by atoms with Crippen molar-refractivity contribution in [3.63, 3.8) is 0 Å². The number of benzene rings is 1. The van der Waals surface area contributed by atoms with E-state index in [1.807, 2.05) is 30.3 Å². The molecule has 9 heteroatoms. The molecular weight excluding hydrogens is 338 g/mol. The van der Waals surface area contributed by atoms with Gasteiger partial charge in [0.25, 0.3) is 0 Å². The Hall–Kier alpha value is -2.49. The number of hydrogen-bond acceptors (Lipinski definition) is 6. The van der Waals surface area contributed by atoms with Gasteiger partial charge in [0.1, 0.15) is 13.1 Å². The number of nitrogens with two attached hydrogens (primary N) is 1. The third kappa shape index (κ3) is 8.06. The van der Waals surface area contributed by atoms with Crippen LogP contribution in [0.5, 0.6) is 0 Å². The van der Waals surface area contributed by atoms with Crippen molar-refractivity contribution in [3.8, 4) is 0 Å². The summed E-state index contributed by atoms with van der Waals surface area (Å²) in [4.78, 5) is 40.7. The molecule has 0 spiro atoms. The van der Waals surface area contributed by atoms with Gasteiger partial charge in [0.2, 0.25) is 17.7 Å². The first-order chi connectivity index (χ1) is 12.3. The highest BCUT2D eigenvalue weighted by Crippen LogP contribution is 2.06. The predicted molar refractivity (Wildman–Crippen MR) is 96.4 cm³/mol. The number of hydrogen-bond donors (Lipinski definition) is 3. The van der Waals surface area contributed by atoms with Gasteiger partial charge in [-0.15, -0.1) is 0 Å². The van der Waals surface area contributed by atoms with E-state index >= 15 is 0 Å². The first kappa shape index (κ1) is 21.6. The zero-order valence-electron chi connectivity index (χ0n) is 15.2. The molecule has 0 unspecified atom stereocenters. The minimum absolute atomic E-state index is 0.0971. The van der Waals surface area contributed by atoms with E-state index in [0.29, 0.717) is 0 Å². The van der Waals surface area contributed by atoms with Gasteiger partial charge in [-0.05, 0) is 19.7 Å². The van der Waals surface area contributed by atoms with Gasteiger partial charge in [0, 0.05) is 6.54 Å². The number of rotatable bonds is 11. The largest absolute Gasteiger partial charge is 0.381 e. The van der Waals surface area contributed by atoms with Gasteiger partial charge in [-0.2, -0.15) is 0 Å². The number of aliphatic hydroxyl groups excluding tert-OH is 1. The molecule has 0 saturated heterocycles. The van der Waals surface area contributed by atoms with E-state index < -0.39 is 5.91 Å². The molecule has 1 aromatic rings. The quantitative estimate of drug-likeness (QED) is 0.406. The Labute approximate surface area is 153 Å². The van der Waals surface area contributed by atoms with Gasteiger partial charge < -0.3 is 20.6 Å². The van der Waals surface area contributed by atoms with E-state index in [9.17, 15) is 14.4 Å². The van der Waals surface area contributed by atoms with E-state index in [4.69, 9.17) is 10.8 Å². The lowest BCUT2D eigenvalue weighted by molar-refractivity contribution is -0.143. The molecule has 0 atom stereocenters. The van der Waals surface area contributed by atoms with Crippen molar-refractivity contribution in [2.45, 2.75) is 6.54 Å². The molecule has 0 aliphatic heterocycles. The monoisotopic (exact) mass is 365 g/mol. The average molecular weight is 365 g/mol. The molecule has 0 aliphatic carbocycles. The molecule has 1 aromatic carbocycles. The van der Waals surface area contributed by atoms with Crippen molar-refractivity contribution < 1.29 is 19.5 Å². The van der Waals surface area contributed by atoms with Gasteiger partial charge in [-0.1, -0.05) is 30.3 Å². The molecule has 0 fully saturated rings. The normalized spacial score (nSPS) is 10.6. The standard InChI is InChI=1S/C17H27N5O4/c1-20(2)13-22(10-15(18)24)17(26)11-21(16(25)8-19-12-23)9-14-6-4-3-5-7-14/h3-7,19,23H,8-13H2,1-2H3,(H2,18,24). The van der Waals surface area contributed by atoms with Crippen molar-refractivity contribution in [2.24, 2.45) is 5.73 Å². The number of nitrogens with one attached hydrogen (secondary N) is 1. The molecule has 144 valence electrons.